The van der Waals surface area contributed by atoms with Crippen LogP contribution in [-0.4, -0.2) is 76.6 Å². The van der Waals surface area contributed by atoms with Crippen molar-refractivity contribution in [3.05, 3.63) is 0 Å². The number of primary amides is 1. The number of carboxylic acids is 1. The molecule has 11 N–H and O–H groups in total. The van der Waals surface area contributed by atoms with Crippen molar-refractivity contribution in [2.75, 3.05) is 6.54 Å². The molecule has 190 valence electrons. The second kappa shape index (κ2) is 15.1. The number of hydrogen-bond acceptors (Lipinski definition) is 8. The first-order chi connectivity index (χ1) is 15.3. The van der Waals surface area contributed by atoms with Crippen LogP contribution in [0.2, 0.25) is 0 Å². The summed E-state index contributed by atoms with van der Waals surface area (Å²) in [5, 5.41) is 25.9. The van der Waals surface area contributed by atoms with Gasteiger partial charge < -0.3 is 43.4 Å². The molecule has 13 heteroatoms. The lowest BCUT2D eigenvalue weighted by atomic mass is 10.0. The normalized spacial score (nSPS) is 15.6. The third kappa shape index (κ3) is 12.2. The van der Waals surface area contributed by atoms with Crippen molar-refractivity contribution >= 4 is 29.6 Å². The number of nitrogens with two attached hydrogens (primary N) is 3. The highest BCUT2D eigenvalue weighted by atomic mass is 16.4. The number of aliphatic hydroxyl groups excluding tert-OH is 1. The first kappa shape index (κ1) is 30.2. The fourth-order valence-corrected chi connectivity index (χ4v) is 2.90. The van der Waals surface area contributed by atoms with Gasteiger partial charge in [0.25, 0.3) is 0 Å². The number of nitrogens with one attached hydrogen (secondary N) is 3. The van der Waals surface area contributed by atoms with E-state index in [0.29, 0.717) is 19.4 Å². The molecule has 0 bridgehead atoms. The topological polar surface area (TPSA) is 240 Å². The highest BCUT2D eigenvalue weighted by molar-refractivity contribution is 5.96. The Balaban J connectivity index is 5.54. The van der Waals surface area contributed by atoms with Gasteiger partial charge in [-0.1, -0.05) is 13.8 Å². The van der Waals surface area contributed by atoms with E-state index < -0.39 is 66.3 Å². The maximum absolute atomic E-state index is 12.8. The smallest absolute Gasteiger partial charge is 0.326 e. The summed E-state index contributed by atoms with van der Waals surface area (Å²) in [5.41, 5.74) is 16.2. The van der Waals surface area contributed by atoms with Gasteiger partial charge in [-0.2, -0.15) is 0 Å². The summed E-state index contributed by atoms with van der Waals surface area (Å²) in [7, 11) is 0. The summed E-state index contributed by atoms with van der Waals surface area (Å²) in [6, 6.07) is -5.10. The molecule has 0 aliphatic carbocycles. The SMILES string of the molecule is CC(C)CC(NC(=O)C(CCCCN)NC(=O)C(CC(N)=O)NC(=O)C(N)C(C)O)C(=O)O. The monoisotopic (exact) mass is 474 g/mol. The van der Waals surface area contributed by atoms with E-state index in [1.165, 1.54) is 6.92 Å². The molecular formula is C20H38N6O7. The molecule has 0 heterocycles. The molecule has 0 aromatic carbocycles. The summed E-state index contributed by atoms with van der Waals surface area (Å²) in [4.78, 5) is 60.6. The van der Waals surface area contributed by atoms with Gasteiger partial charge in [-0.05, 0) is 45.1 Å². The van der Waals surface area contributed by atoms with Gasteiger partial charge in [0.1, 0.15) is 24.2 Å². The van der Waals surface area contributed by atoms with Gasteiger partial charge in [-0.3, -0.25) is 19.2 Å². The lowest BCUT2D eigenvalue weighted by molar-refractivity contribution is -0.143. The predicted molar refractivity (Wildman–Crippen MR) is 119 cm³/mol. The number of rotatable bonds is 16. The summed E-state index contributed by atoms with van der Waals surface area (Å²) >= 11 is 0. The third-order valence-electron chi connectivity index (χ3n) is 4.76. The highest BCUT2D eigenvalue weighted by Crippen LogP contribution is 2.08. The van der Waals surface area contributed by atoms with Crippen molar-refractivity contribution in [2.24, 2.45) is 23.1 Å². The molecule has 0 aliphatic heterocycles. The molecule has 0 rings (SSSR count). The predicted octanol–water partition coefficient (Wildman–Crippen LogP) is -2.72. The van der Waals surface area contributed by atoms with E-state index in [1.54, 1.807) is 13.8 Å². The Kier molecular flexibility index (Phi) is 13.9. The maximum Gasteiger partial charge on any atom is 0.326 e. The van der Waals surface area contributed by atoms with Crippen molar-refractivity contribution in [1.82, 2.24) is 16.0 Å². The quantitative estimate of drug-likeness (QED) is 0.108. The van der Waals surface area contributed by atoms with E-state index in [1.807, 2.05) is 0 Å². The van der Waals surface area contributed by atoms with Crippen LogP contribution in [0.25, 0.3) is 0 Å². The molecule has 0 aromatic heterocycles. The lowest BCUT2D eigenvalue weighted by Crippen LogP contribution is -2.58. The summed E-state index contributed by atoms with van der Waals surface area (Å²) < 4.78 is 0. The number of hydrogen-bond donors (Lipinski definition) is 8. The van der Waals surface area contributed by atoms with Crippen molar-refractivity contribution < 1.29 is 34.2 Å². The molecule has 0 fully saturated rings. The summed E-state index contributed by atoms with van der Waals surface area (Å²) in [6.07, 6.45) is -0.456. The molecule has 5 atom stereocenters. The highest BCUT2D eigenvalue weighted by Gasteiger charge is 2.31. The van der Waals surface area contributed by atoms with Crippen LogP contribution in [0.15, 0.2) is 0 Å². The van der Waals surface area contributed by atoms with Crippen molar-refractivity contribution in [3.63, 3.8) is 0 Å². The van der Waals surface area contributed by atoms with Gasteiger partial charge in [0.15, 0.2) is 0 Å². The molecule has 0 radical (unpaired) electrons. The van der Waals surface area contributed by atoms with Gasteiger partial charge >= 0.3 is 5.97 Å². The van der Waals surface area contributed by atoms with E-state index in [0.717, 1.165) is 0 Å². The summed E-state index contributed by atoms with van der Waals surface area (Å²) in [5.74, 6) is -4.62. The van der Waals surface area contributed by atoms with Crippen LogP contribution in [-0.2, 0) is 24.0 Å². The minimum absolute atomic E-state index is 0.00929. The van der Waals surface area contributed by atoms with Crippen LogP contribution in [0.1, 0.15) is 52.9 Å². The number of carbonyl (C=O) groups is 5. The van der Waals surface area contributed by atoms with Gasteiger partial charge in [0.2, 0.25) is 23.6 Å². The number of amides is 4. The fraction of sp³-hybridized carbons (Fsp3) is 0.750. The maximum atomic E-state index is 12.8. The first-order valence-corrected chi connectivity index (χ1v) is 10.9. The van der Waals surface area contributed by atoms with Gasteiger partial charge in [0, 0.05) is 0 Å². The summed E-state index contributed by atoms with van der Waals surface area (Å²) in [6.45, 7) is 5.24. The zero-order chi connectivity index (χ0) is 25.7. The Labute approximate surface area is 193 Å². The van der Waals surface area contributed by atoms with Crippen LogP contribution >= 0.6 is 0 Å². The number of carboxylic acid groups (broad SMARTS) is 1. The van der Waals surface area contributed by atoms with Gasteiger partial charge in [0.05, 0.1) is 12.5 Å². The van der Waals surface area contributed by atoms with Crippen molar-refractivity contribution in [3.8, 4) is 0 Å². The second-order valence-corrected chi connectivity index (χ2v) is 8.37. The lowest BCUT2D eigenvalue weighted by Gasteiger charge is -2.25. The average Bonchev–Trinajstić information content (AvgIpc) is 2.70. The van der Waals surface area contributed by atoms with E-state index in [9.17, 15) is 34.2 Å². The van der Waals surface area contributed by atoms with Gasteiger partial charge in [-0.25, -0.2) is 4.79 Å². The molecule has 13 nitrogen and oxygen atoms in total. The molecule has 33 heavy (non-hydrogen) atoms. The van der Waals surface area contributed by atoms with Crippen LogP contribution < -0.4 is 33.2 Å². The number of carbonyl (C=O) groups excluding carboxylic acids is 4. The Morgan fingerprint density at radius 3 is 1.82 bits per heavy atom. The van der Waals surface area contributed by atoms with Crippen LogP contribution in [0, 0.1) is 5.92 Å². The van der Waals surface area contributed by atoms with E-state index in [-0.39, 0.29) is 18.8 Å². The molecule has 0 spiro atoms. The first-order valence-electron chi connectivity index (χ1n) is 10.9. The third-order valence-corrected chi connectivity index (χ3v) is 4.76. The zero-order valence-electron chi connectivity index (χ0n) is 19.4. The second-order valence-electron chi connectivity index (χ2n) is 8.37. The minimum atomic E-state index is -1.45. The Hall–Kier alpha value is -2.77. The average molecular weight is 475 g/mol. The van der Waals surface area contributed by atoms with Gasteiger partial charge in [-0.15, -0.1) is 0 Å². The molecule has 5 unspecified atom stereocenters. The van der Waals surface area contributed by atoms with Crippen molar-refractivity contribution in [1.29, 1.82) is 0 Å². The molecule has 0 saturated heterocycles. The Morgan fingerprint density at radius 2 is 1.36 bits per heavy atom. The van der Waals surface area contributed by atoms with Crippen molar-refractivity contribution in [2.45, 2.75) is 83.1 Å². The largest absolute Gasteiger partial charge is 0.480 e. The molecule has 4 amide bonds. The zero-order valence-corrected chi connectivity index (χ0v) is 19.4. The Bertz CT molecular complexity index is 686. The minimum Gasteiger partial charge on any atom is -0.480 e. The number of unbranched alkanes of at least 4 members (excludes halogenated alkanes) is 1. The van der Waals surface area contributed by atoms with Crippen LogP contribution in [0.4, 0.5) is 0 Å². The van der Waals surface area contributed by atoms with E-state index >= 15 is 0 Å². The van der Waals surface area contributed by atoms with Crippen LogP contribution in [0.3, 0.4) is 0 Å². The number of aliphatic hydroxyl groups is 1. The number of aliphatic carboxylic acids is 1. The van der Waals surface area contributed by atoms with E-state index in [4.69, 9.17) is 17.2 Å². The molecule has 0 saturated carbocycles. The van der Waals surface area contributed by atoms with E-state index in [2.05, 4.69) is 16.0 Å². The van der Waals surface area contributed by atoms with Crippen LogP contribution in [0.5, 0.6) is 0 Å². The molecule has 0 aromatic rings. The fourth-order valence-electron chi connectivity index (χ4n) is 2.90. The molecular weight excluding hydrogens is 436 g/mol. The molecule has 0 aliphatic rings. The standard InChI is InChI=1S/C20H38N6O7/c1-10(2)8-14(20(32)33)26-17(29)12(6-4-5-7-21)24-18(30)13(9-15(22)28)25-19(31)16(23)11(3)27/h10-14,16,27H,4-9,21,23H2,1-3H3,(H2,22,28)(H,24,30)(H,25,31)(H,26,29)(H,32,33). The Morgan fingerprint density at radius 1 is 0.848 bits per heavy atom.